The summed E-state index contributed by atoms with van der Waals surface area (Å²) in [4.78, 5) is 2.23. The van der Waals surface area contributed by atoms with Gasteiger partial charge < -0.3 is 5.11 Å². The number of aryl methyl sites for hydroxylation is 2. The van der Waals surface area contributed by atoms with Crippen LogP contribution in [0.5, 0.6) is 0 Å². The molecule has 0 amide bonds. The molecule has 2 atom stereocenters. The molecule has 0 aliphatic heterocycles. The number of nitrogens with zero attached hydrogens (tertiary/aromatic N) is 3. The van der Waals surface area contributed by atoms with Crippen LogP contribution in [0, 0.1) is 0 Å². The Kier molecular flexibility index (Phi) is 3.59. The first-order valence-electron chi connectivity index (χ1n) is 7.09. The van der Waals surface area contributed by atoms with E-state index in [1.54, 1.807) is 0 Å². The van der Waals surface area contributed by atoms with E-state index in [1.807, 2.05) is 42.3 Å². The molecule has 106 valence electrons. The van der Waals surface area contributed by atoms with E-state index in [2.05, 4.69) is 23.1 Å². The summed E-state index contributed by atoms with van der Waals surface area (Å²) < 4.78 is 1.82. The van der Waals surface area contributed by atoms with Crippen molar-refractivity contribution in [2.24, 2.45) is 7.05 Å². The highest BCUT2D eigenvalue weighted by Gasteiger charge is 2.30. The van der Waals surface area contributed by atoms with E-state index < -0.39 is 6.10 Å². The molecule has 0 bridgehead atoms. The zero-order valence-corrected chi connectivity index (χ0v) is 12.0. The minimum Gasteiger partial charge on any atom is -0.387 e. The van der Waals surface area contributed by atoms with Crippen LogP contribution in [0.2, 0.25) is 0 Å². The molecule has 1 heterocycles. The van der Waals surface area contributed by atoms with Crippen LogP contribution in [0.25, 0.3) is 0 Å². The van der Waals surface area contributed by atoms with Gasteiger partial charge in [-0.05, 0) is 31.0 Å². The molecule has 3 rings (SSSR count). The molecule has 1 aromatic carbocycles. The predicted octanol–water partition coefficient (Wildman–Crippen LogP) is 1.90. The zero-order chi connectivity index (χ0) is 14.1. The first-order chi connectivity index (χ1) is 9.65. The minimum absolute atomic E-state index is 0.171. The summed E-state index contributed by atoms with van der Waals surface area (Å²) in [5, 5.41) is 14.8. The molecule has 0 fully saturated rings. The van der Waals surface area contributed by atoms with Crippen LogP contribution in [0.1, 0.15) is 29.2 Å². The summed E-state index contributed by atoms with van der Waals surface area (Å²) in [6.07, 6.45) is 5.55. The molecule has 2 aromatic rings. The Morgan fingerprint density at radius 3 is 2.95 bits per heavy atom. The summed E-state index contributed by atoms with van der Waals surface area (Å²) in [7, 11) is 4.00. The third-order valence-corrected chi connectivity index (χ3v) is 4.20. The van der Waals surface area contributed by atoms with Crippen molar-refractivity contribution in [3.63, 3.8) is 0 Å². The predicted molar refractivity (Wildman–Crippen MR) is 78.2 cm³/mol. The lowest BCUT2D eigenvalue weighted by molar-refractivity contribution is 0.0462. The fraction of sp³-hybridized carbons (Fsp3) is 0.438. The second-order valence-electron chi connectivity index (χ2n) is 5.69. The molecule has 2 unspecified atom stereocenters. The number of aromatic nitrogens is 2. The Balaban J connectivity index is 1.75. The summed E-state index contributed by atoms with van der Waals surface area (Å²) in [6.45, 7) is 0.817. The monoisotopic (exact) mass is 271 g/mol. The molecule has 20 heavy (non-hydrogen) atoms. The van der Waals surface area contributed by atoms with Crippen LogP contribution >= 0.6 is 0 Å². The normalized spacial score (nSPS) is 22.0. The highest BCUT2D eigenvalue weighted by atomic mass is 16.3. The third-order valence-electron chi connectivity index (χ3n) is 4.20. The lowest BCUT2D eigenvalue weighted by Crippen LogP contribution is -2.39. The van der Waals surface area contributed by atoms with Crippen LogP contribution < -0.4 is 0 Å². The van der Waals surface area contributed by atoms with Gasteiger partial charge in [-0.15, -0.1) is 0 Å². The van der Waals surface area contributed by atoms with E-state index in [0.717, 1.165) is 24.9 Å². The summed E-state index contributed by atoms with van der Waals surface area (Å²) in [6, 6.07) is 8.39. The Labute approximate surface area is 119 Å². The molecular weight excluding hydrogens is 250 g/mol. The first-order valence-corrected chi connectivity index (χ1v) is 7.09. The van der Waals surface area contributed by atoms with Crippen molar-refractivity contribution in [3.05, 3.63) is 53.3 Å². The number of aliphatic hydroxyl groups is 1. The topological polar surface area (TPSA) is 41.3 Å². The number of fused-ring (bicyclic) bond motifs is 1. The average molecular weight is 271 g/mol. The third kappa shape index (κ3) is 2.49. The number of hydrogen-bond donors (Lipinski definition) is 1. The van der Waals surface area contributed by atoms with E-state index in [0.29, 0.717) is 0 Å². The maximum atomic E-state index is 10.6. The van der Waals surface area contributed by atoms with Crippen molar-refractivity contribution >= 4 is 0 Å². The molecule has 1 aliphatic rings. The molecular formula is C16H21N3O. The number of aliphatic hydroxyl groups excluding tert-OH is 1. The lowest BCUT2D eigenvalue weighted by atomic mass is 9.85. The maximum Gasteiger partial charge on any atom is 0.0947 e. The van der Waals surface area contributed by atoms with Crippen molar-refractivity contribution in [3.8, 4) is 0 Å². The van der Waals surface area contributed by atoms with Gasteiger partial charge in [0.15, 0.2) is 0 Å². The van der Waals surface area contributed by atoms with Crippen molar-refractivity contribution in [2.75, 3.05) is 7.05 Å². The molecule has 1 aliphatic carbocycles. The van der Waals surface area contributed by atoms with Crippen LogP contribution in [-0.2, 0) is 20.0 Å². The van der Waals surface area contributed by atoms with Gasteiger partial charge in [0.05, 0.1) is 12.3 Å². The number of likely N-dealkylation sites (N-methyl/N-ethyl adjacent to an activating group) is 1. The Morgan fingerprint density at radius 2 is 2.20 bits per heavy atom. The molecule has 0 spiro atoms. The molecule has 1 aromatic heterocycles. The smallest absolute Gasteiger partial charge is 0.0947 e. The van der Waals surface area contributed by atoms with Gasteiger partial charge in [0, 0.05) is 31.4 Å². The number of rotatable bonds is 3. The number of hydrogen-bond acceptors (Lipinski definition) is 3. The quantitative estimate of drug-likeness (QED) is 0.927. The van der Waals surface area contributed by atoms with Gasteiger partial charge in [-0.3, -0.25) is 9.58 Å². The van der Waals surface area contributed by atoms with Gasteiger partial charge in [-0.2, -0.15) is 5.10 Å². The molecule has 1 N–H and O–H groups in total. The van der Waals surface area contributed by atoms with Crippen molar-refractivity contribution in [2.45, 2.75) is 31.5 Å². The van der Waals surface area contributed by atoms with Gasteiger partial charge in [0.25, 0.3) is 0 Å². The molecule has 0 saturated carbocycles. The lowest BCUT2D eigenvalue weighted by Gasteiger charge is -2.36. The van der Waals surface area contributed by atoms with Gasteiger partial charge in [0.2, 0.25) is 0 Å². The van der Waals surface area contributed by atoms with E-state index in [4.69, 9.17) is 0 Å². The van der Waals surface area contributed by atoms with E-state index >= 15 is 0 Å². The highest BCUT2D eigenvalue weighted by Crippen LogP contribution is 2.32. The molecule has 0 saturated heterocycles. The van der Waals surface area contributed by atoms with Crippen molar-refractivity contribution in [1.82, 2.24) is 14.7 Å². The minimum atomic E-state index is -0.401. The Hall–Kier alpha value is -1.65. The van der Waals surface area contributed by atoms with E-state index in [9.17, 15) is 5.11 Å². The van der Waals surface area contributed by atoms with Crippen molar-refractivity contribution < 1.29 is 5.11 Å². The molecule has 0 radical (unpaired) electrons. The Morgan fingerprint density at radius 1 is 1.40 bits per heavy atom. The van der Waals surface area contributed by atoms with E-state index in [1.165, 1.54) is 11.1 Å². The Bertz CT molecular complexity index is 593. The average Bonchev–Trinajstić information content (AvgIpc) is 2.84. The van der Waals surface area contributed by atoms with Gasteiger partial charge in [-0.25, -0.2) is 0 Å². The fourth-order valence-electron chi connectivity index (χ4n) is 3.14. The second-order valence-corrected chi connectivity index (χ2v) is 5.69. The number of benzene rings is 1. The van der Waals surface area contributed by atoms with Gasteiger partial charge in [-0.1, -0.05) is 24.3 Å². The maximum absolute atomic E-state index is 10.6. The highest BCUT2D eigenvalue weighted by molar-refractivity contribution is 5.32. The van der Waals surface area contributed by atoms with Crippen LogP contribution in [0.3, 0.4) is 0 Å². The second kappa shape index (κ2) is 5.38. The fourth-order valence-corrected chi connectivity index (χ4v) is 3.14. The zero-order valence-electron chi connectivity index (χ0n) is 12.0. The SMILES string of the molecule is CN(Cc1cnn(C)c1)C1CCc2ccccc2C1O. The summed E-state index contributed by atoms with van der Waals surface area (Å²) in [5.74, 6) is 0. The molecule has 4 heteroatoms. The molecule has 4 nitrogen and oxygen atoms in total. The van der Waals surface area contributed by atoms with Gasteiger partial charge in [0.1, 0.15) is 0 Å². The largest absolute Gasteiger partial charge is 0.387 e. The van der Waals surface area contributed by atoms with Crippen LogP contribution in [-0.4, -0.2) is 32.9 Å². The van der Waals surface area contributed by atoms with Crippen LogP contribution in [0.4, 0.5) is 0 Å². The van der Waals surface area contributed by atoms with E-state index in [-0.39, 0.29) is 6.04 Å². The standard InChI is InChI=1S/C16H21N3O/c1-18(10-12-9-17-19(2)11-12)15-8-7-13-5-3-4-6-14(13)16(15)20/h3-6,9,11,15-16,20H,7-8,10H2,1-2H3. The van der Waals surface area contributed by atoms with Gasteiger partial charge >= 0.3 is 0 Å². The first kappa shape index (κ1) is 13.3. The summed E-state index contributed by atoms with van der Waals surface area (Å²) >= 11 is 0. The van der Waals surface area contributed by atoms with Crippen molar-refractivity contribution in [1.29, 1.82) is 0 Å². The van der Waals surface area contributed by atoms with Crippen LogP contribution in [0.15, 0.2) is 36.7 Å². The summed E-state index contributed by atoms with van der Waals surface area (Å²) in [5.41, 5.74) is 3.55.